The summed E-state index contributed by atoms with van der Waals surface area (Å²) in [5, 5.41) is 17.8. The van der Waals surface area contributed by atoms with E-state index in [0.29, 0.717) is 42.7 Å². The molecule has 2 aromatic carbocycles. The molecule has 0 radical (unpaired) electrons. The number of hydrogen-bond acceptors (Lipinski definition) is 12. The quantitative estimate of drug-likeness (QED) is 0.0282. The van der Waals surface area contributed by atoms with Crippen molar-refractivity contribution >= 4 is 67.7 Å². The van der Waals surface area contributed by atoms with Crippen LogP contribution in [0.15, 0.2) is 93.4 Å². The Balaban J connectivity index is 1.36. The van der Waals surface area contributed by atoms with E-state index in [0.717, 1.165) is 55.3 Å². The fourth-order valence-corrected chi connectivity index (χ4v) is 7.65. The van der Waals surface area contributed by atoms with Crippen molar-refractivity contribution in [3.8, 4) is 26.6 Å². The lowest BCUT2D eigenvalue weighted by molar-refractivity contribution is -0.777. The van der Waals surface area contributed by atoms with Gasteiger partial charge in [-0.15, -0.1) is 22.7 Å². The minimum absolute atomic E-state index is 0.148. The molecule has 0 atom stereocenters. The van der Waals surface area contributed by atoms with Crippen LogP contribution in [0.3, 0.4) is 0 Å². The van der Waals surface area contributed by atoms with Crippen molar-refractivity contribution in [3.05, 3.63) is 94.8 Å². The number of benzene rings is 2. The van der Waals surface area contributed by atoms with E-state index in [1.54, 1.807) is 22.7 Å². The van der Waals surface area contributed by atoms with Gasteiger partial charge in [0.1, 0.15) is 0 Å². The van der Waals surface area contributed by atoms with E-state index in [2.05, 4.69) is 26.1 Å². The summed E-state index contributed by atoms with van der Waals surface area (Å²) in [5.41, 5.74) is 5.49. The first-order valence-corrected chi connectivity index (χ1v) is 19.1. The van der Waals surface area contributed by atoms with Crippen LogP contribution >= 0.6 is 34.7 Å². The molecule has 0 N–H and O–H groups in total. The molecule has 0 aliphatic carbocycles. The lowest BCUT2D eigenvalue weighted by Crippen LogP contribution is -2.35. The van der Waals surface area contributed by atoms with E-state index >= 15 is 0 Å². The first-order valence-electron chi connectivity index (χ1n) is 14.9. The normalized spacial score (nSPS) is 14.3. The maximum absolute atomic E-state index is 11.4. The highest BCUT2D eigenvalue weighted by Gasteiger charge is 2.28. The number of allylic oxidation sites excluding steroid dienone is 2. The maximum atomic E-state index is 11.4. The van der Waals surface area contributed by atoms with Crippen molar-refractivity contribution in [2.24, 2.45) is 0 Å². The molecular formula is C33H31N2O8S4-. The van der Waals surface area contributed by atoms with Gasteiger partial charge in [0.05, 0.1) is 21.9 Å². The van der Waals surface area contributed by atoms with Crippen LogP contribution in [0.25, 0.3) is 38.1 Å². The van der Waals surface area contributed by atoms with E-state index in [4.69, 9.17) is 9.15 Å². The zero-order valence-corrected chi connectivity index (χ0v) is 28.6. The molecule has 0 amide bonds. The summed E-state index contributed by atoms with van der Waals surface area (Å²) in [6.07, 6.45) is 5.39. The van der Waals surface area contributed by atoms with Crippen molar-refractivity contribution in [1.29, 1.82) is 0 Å². The van der Waals surface area contributed by atoms with Gasteiger partial charge in [0.25, 0.3) is 5.52 Å². The second-order valence-corrected chi connectivity index (χ2v) is 14.8. The molecule has 1 aliphatic rings. The van der Waals surface area contributed by atoms with Crippen LogP contribution in [0.1, 0.15) is 32.1 Å². The number of thiophene rings is 2. The second kappa shape index (κ2) is 15.2. The largest absolute Gasteiger partial charge is 0.748 e. The van der Waals surface area contributed by atoms with Gasteiger partial charge in [-0.25, -0.2) is 8.42 Å². The highest BCUT2D eigenvalue weighted by atomic mass is 32.2. The topological polar surface area (TPSA) is 128 Å². The summed E-state index contributed by atoms with van der Waals surface area (Å²) in [7, 11) is -4.36. The van der Waals surface area contributed by atoms with Crippen molar-refractivity contribution in [3.63, 3.8) is 0 Å². The zero-order chi connectivity index (χ0) is 32.8. The number of aromatic nitrogens is 1. The first kappa shape index (κ1) is 33.4. The number of ether oxygens (including phenoxy) is 1. The van der Waals surface area contributed by atoms with Gasteiger partial charge in [0, 0.05) is 58.4 Å². The van der Waals surface area contributed by atoms with E-state index in [9.17, 15) is 18.2 Å². The molecule has 14 heteroatoms. The molecule has 246 valence electrons. The Morgan fingerprint density at radius 3 is 2.47 bits per heavy atom. The van der Waals surface area contributed by atoms with Gasteiger partial charge < -0.3 is 23.9 Å². The summed E-state index contributed by atoms with van der Waals surface area (Å²) in [4.78, 5) is 4.18. The summed E-state index contributed by atoms with van der Waals surface area (Å²) in [5.74, 6) is 1.90. The minimum atomic E-state index is -4.36. The second-order valence-electron chi connectivity index (χ2n) is 10.6. The van der Waals surface area contributed by atoms with E-state index < -0.39 is 15.9 Å². The Morgan fingerprint density at radius 2 is 1.79 bits per heavy atom. The van der Waals surface area contributed by atoms with Gasteiger partial charge in [-0.1, -0.05) is 19.1 Å². The van der Waals surface area contributed by atoms with Crippen LogP contribution in [0.5, 0.6) is 5.75 Å². The molecule has 5 aromatic rings. The maximum Gasteiger partial charge on any atom is 0.374 e. The number of oxazole rings is 1. The highest BCUT2D eigenvalue weighted by molar-refractivity contribution is 7.94. The third kappa shape index (κ3) is 8.16. The number of fused-ring (bicyclic) bond motifs is 2. The molecule has 10 nitrogen and oxygen atoms in total. The van der Waals surface area contributed by atoms with E-state index in [1.165, 1.54) is 0 Å². The van der Waals surface area contributed by atoms with Gasteiger partial charge in [-0.2, -0.15) is 8.90 Å². The molecule has 0 saturated carbocycles. The molecule has 6 rings (SSSR count). The number of aryl methyl sites for hydroxylation is 1. The minimum Gasteiger partial charge on any atom is -0.748 e. The fourth-order valence-electron chi connectivity index (χ4n) is 5.37. The van der Waals surface area contributed by atoms with Crippen molar-refractivity contribution in [1.82, 2.24) is 0 Å². The van der Waals surface area contributed by atoms with Crippen LogP contribution < -0.4 is 19.5 Å². The molecule has 3 aromatic heterocycles. The highest BCUT2D eigenvalue weighted by Crippen LogP contribution is 2.43. The third-order valence-electron chi connectivity index (χ3n) is 7.56. The molecule has 0 unspecified atom stereocenters. The van der Waals surface area contributed by atoms with Crippen molar-refractivity contribution in [2.45, 2.75) is 32.7 Å². The predicted octanol–water partition coefficient (Wildman–Crippen LogP) is 6.91. The Bertz CT molecular complexity index is 1980. The zero-order valence-electron chi connectivity index (χ0n) is 25.3. The first-order chi connectivity index (χ1) is 22.8. The number of rotatable bonds is 15. The molecule has 0 saturated heterocycles. The molecular weight excluding hydrogens is 681 g/mol. The van der Waals surface area contributed by atoms with Gasteiger partial charge in [0.15, 0.2) is 12.3 Å². The SMILES string of the molecule is CCC(=Cc1oc2ccc(-c3cccs3)cc2[n+]1CCCSOO[O-])C=C1Oc2ccc(-c3cccs3)cc2N1CCCS(=O)(=O)[O-]. The molecule has 0 bridgehead atoms. The van der Waals surface area contributed by atoms with Crippen LogP contribution in [-0.2, 0) is 26.0 Å². The van der Waals surface area contributed by atoms with Gasteiger partial charge >= 0.3 is 5.89 Å². The monoisotopic (exact) mass is 711 g/mol. The predicted molar refractivity (Wildman–Crippen MR) is 182 cm³/mol. The Labute approximate surface area is 284 Å². The fraction of sp³-hybridized carbons (Fsp3) is 0.242. The van der Waals surface area contributed by atoms with Crippen LogP contribution in [-0.4, -0.2) is 31.0 Å². The number of hydrogen-bond donors (Lipinski definition) is 0. The molecule has 0 spiro atoms. The third-order valence-corrected chi connectivity index (χ3v) is 10.8. The Hall–Kier alpha value is -3.47. The van der Waals surface area contributed by atoms with E-state index in [1.807, 2.05) is 83.3 Å². The summed E-state index contributed by atoms with van der Waals surface area (Å²) >= 11 is 4.24. The van der Waals surface area contributed by atoms with Crippen molar-refractivity contribution in [2.75, 3.05) is 23.0 Å². The smallest absolute Gasteiger partial charge is 0.374 e. The van der Waals surface area contributed by atoms with Gasteiger partial charge in [-0.05, 0) is 82.8 Å². The molecule has 47 heavy (non-hydrogen) atoms. The standard InChI is InChI=1S/C33H32N2O8S4/c1-2-23(19-32-34(13-5-17-46-43-42-36)26-21-24(9-11-28(26)40-32)30-7-3-15-44-30)20-33-35(14-6-18-47(37,38)39)27-22-25(10-12-29(27)41-33)31-8-4-16-45-31/h3-4,7-12,15-16,19-22H,2,5-6,13-14,17-18H2,1H3,(H-,36,37,38,39)/p-1. The summed E-state index contributed by atoms with van der Waals surface area (Å²) in [6, 6.07) is 20.2. The molecule has 1 aliphatic heterocycles. The number of nitrogens with zero attached hydrogens (tertiary/aromatic N) is 2. The molecule has 4 heterocycles. The Morgan fingerprint density at radius 1 is 1.04 bits per heavy atom. The van der Waals surface area contributed by atoms with Crippen LogP contribution in [0.2, 0.25) is 0 Å². The summed E-state index contributed by atoms with van der Waals surface area (Å²) < 4.78 is 53.5. The molecule has 0 fully saturated rings. The van der Waals surface area contributed by atoms with Crippen LogP contribution in [0.4, 0.5) is 5.69 Å². The Kier molecular flexibility index (Phi) is 10.8. The average Bonchev–Trinajstić information content (AvgIpc) is 3.87. The number of anilines is 1. The van der Waals surface area contributed by atoms with Gasteiger partial charge in [0.2, 0.25) is 11.5 Å². The van der Waals surface area contributed by atoms with E-state index in [-0.39, 0.29) is 13.0 Å². The average molecular weight is 712 g/mol. The van der Waals surface area contributed by atoms with Crippen molar-refractivity contribution < 1.29 is 41.3 Å². The van der Waals surface area contributed by atoms with Crippen LogP contribution in [0, 0.1) is 0 Å². The lowest BCUT2D eigenvalue weighted by atomic mass is 10.1. The lowest BCUT2D eigenvalue weighted by Gasteiger charge is -2.19. The summed E-state index contributed by atoms with van der Waals surface area (Å²) in [6.45, 7) is 2.92. The van der Waals surface area contributed by atoms with Gasteiger partial charge in [-0.3, -0.25) is 5.04 Å².